The van der Waals surface area contributed by atoms with Gasteiger partial charge >= 0.3 is 0 Å². The van der Waals surface area contributed by atoms with Gasteiger partial charge in [-0.2, -0.15) is 0 Å². The van der Waals surface area contributed by atoms with Crippen molar-refractivity contribution < 1.29 is 24.5 Å². The van der Waals surface area contributed by atoms with Crippen LogP contribution in [0.15, 0.2) is 0 Å². The van der Waals surface area contributed by atoms with Gasteiger partial charge in [0.2, 0.25) is 0 Å². The van der Waals surface area contributed by atoms with Gasteiger partial charge in [-0.1, -0.05) is 20.8 Å². The van der Waals surface area contributed by atoms with Gasteiger partial charge in [-0.15, -0.1) is 0 Å². The van der Waals surface area contributed by atoms with E-state index in [4.69, 9.17) is 0 Å². The first-order chi connectivity index (χ1) is 14.1. The van der Waals surface area contributed by atoms with Crippen LogP contribution in [0.25, 0.3) is 0 Å². The van der Waals surface area contributed by atoms with Gasteiger partial charge in [0.05, 0.1) is 18.3 Å². The molecule has 172 valence electrons. The van der Waals surface area contributed by atoms with Crippen molar-refractivity contribution in [1.29, 1.82) is 0 Å². The Kier molecular flexibility index (Phi) is 6.13. The van der Waals surface area contributed by atoms with Gasteiger partial charge in [0, 0.05) is 6.42 Å². The summed E-state index contributed by atoms with van der Waals surface area (Å²) in [6.07, 6.45) is 6.03. The topological polar surface area (TPSA) is 77.8 Å². The standard InChI is InChI=1S/C25H41FO4/c1-14(4-5-17(28)13-26)18-6-7-19-23-20(12-22(30)25(18,19)3)24(2)9-8-16(27)10-15(24)11-21(23)29/h14-16,18-23,27,29-30H,4-13H2,1-3H3/t14-,15?,16-,18-,19+,20+,21-,22+,23?,24?,25?/m1/s1. The number of hydrogen-bond donors (Lipinski definition) is 3. The van der Waals surface area contributed by atoms with Crippen LogP contribution < -0.4 is 0 Å². The number of halogens is 1. The van der Waals surface area contributed by atoms with E-state index in [1.807, 2.05) is 0 Å². The second-order valence-corrected chi connectivity index (χ2v) is 11.7. The molecule has 4 aliphatic carbocycles. The second-order valence-electron chi connectivity index (χ2n) is 11.7. The summed E-state index contributed by atoms with van der Waals surface area (Å²) in [5, 5.41) is 33.0. The number of fused-ring (bicyclic) bond motifs is 5. The molecule has 0 aromatic carbocycles. The number of carbonyl (C=O) groups excluding carboxylic acids is 1. The highest BCUT2D eigenvalue weighted by molar-refractivity contribution is 5.79. The normalized spacial score (nSPS) is 51.6. The molecule has 0 spiro atoms. The Morgan fingerprint density at radius 2 is 1.80 bits per heavy atom. The predicted octanol–water partition coefficient (Wildman–Crippen LogP) is 3.90. The third kappa shape index (κ3) is 3.38. The highest BCUT2D eigenvalue weighted by Crippen LogP contribution is 2.68. The summed E-state index contributed by atoms with van der Waals surface area (Å²) in [7, 11) is 0. The zero-order valence-corrected chi connectivity index (χ0v) is 18.9. The van der Waals surface area contributed by atoms with Crippen LogP contribution in [0.3, 0.4) is 0 Å². The minimum Gasteiger partial charge on any atom is -0.393 e. The summed E-state index contributed by atoms with van der Waals surface area (Å²) in [4.78, 5) is 11.5. The molecular weight excluding hydrogens is 383 g/mol. The Labute approximate surface area is 180 Å². The Morgan fingerprint density at radius 1 is 1.07 bits per heavy atom. The Hall–Kier alpha value is -0.520. The number of carbonyl (C=O) groups is 1. The average Bonchev–Trinajstić information content (AvgIpc) is 3.06. The Bertz CT molecular complexity index is 655. The van der Waals surface area contributed by atoms with Crippen LogP contribution in [-0.2, 0) is 4.79 Å². The summed E-state index contributed by atoms with van der Waals surface area (Å²) in [5.41, 5.74) is -0.166. The van der Waals surface area contributed by atoms with Gasteiger partial charge in [-0.25, -0.2) is 4.39 Å². The lowest BCUT2D eigenvalue weighted by Gasteiger charge is -2.63. The zero-order valence-electron chi connectivity index (χ0n) is 18.9. The van der Waals surface area contributed by atoms with E-state index in [0.717, 1.165) is 44.9 Å². The zero-order chi connectivity index (χ0) is 21.8. The molecule has 4 nitrogen and oxygen atoms in total. The van der Waals surface area contributed by atoms with Crippen molar-refractivity contribution in [1.82, 2.24) is 0 Å². The molecule has 0 saturated heterocycles. The molecule has 5 heteroatoms. The van der Waals surface area contributed by atoms with E-state index in [-0.39, 0.29) is 53.0 Å². The van der Waals surface area contributed by atoms with Crippen LogP contribution in [0.4, 0.5) is 4.39 Å². The number of aliphatic hydroxyl groups excluding tert-OH is 3. The molecule has 0 aliphatic heterocycles. The van der Waals surface area contributed by atoms with Crippen molar-refractivity contribution in [3.8, 4) is 0 Å². The fraction of sp³-hybridized carbons (Fsp3) is 0.960. The summed E-state index contributed by atoms with van der Waals surface area (Å²) in [6, 6.07) is 0. The smallest absolute Gasteiger partial charge is 0.163 e. The highest BCUT2D eigenvalue weighted by Gasteiger charge is 2.65. The molecular formula is C25H41FO4. The average molecular weight is 425 g/mol. The van der Waals surface area contributed by atoms with E-state index in [2.05, 4.69) is 20.8 Å². The van der Waals surface area contributed by atoms with Gasteiger partial charge in [-0.05, 0) is 97.7 Å². The van der Waals surface area contributed by atoms with Crippen LogP contribution in [0.2, 0.25) is 0 Å². The van der Waals surface area contributed by atoms with Gasteiger partial charge < -0.3 is 15.3 Å². The third-order valence-corrected chi connectivity index (χ3v) is 10.5. The van der Waals surface area contributed by atoms with E-state index in [1.54, 1.807) is 0 Å². The second kappa shape index (κ2) is 8.12. The van der Waals surface area contributed by atoms with Crippen molar-refractivity contribution in [2.75, 3.05) is 6.67 Å². The number of Topliss-reactive ketones (excluding diaryl/α,β-unsaturated/α-hetero) is 1. The van der Waals surface area contributed by atoms with Crippen molar-refractivity contribution in [3.05, 3.63) is 0 Å². The number of alkyl halides is 1. The molecule has 4 aliphatic rings. The predicted molar refractivity (Wildman–Crippen MR) is 113 cm³/mol. The summed E-state index contributed by atoms with van der Waals surface area (Å²) in [5.74, 6) is 1.36. The van der Waals surface area contributed by atoms with Crippen LogP contribution in [0.5, 0.6) is 0 Å². The number of hydrogen-bond acceptors (Lipinski definition) is 4. The van der Waals surface area contributed by atoms with Gasteiger partial charge in [-0.3, -0.25) is 4.79 Å². The fourth-order valence-corrected chi connectivity index (χ4v) is 8.79. The van der Waals surface area contributed by atoms with Gasteiger partial charge in [0.1, 0.15) is 6.67 Å². The third-order valence-electron chi connectivity index (χ3n) is 10.5. The largest absolute Gasteiger partial charge is 0.393 e. The Balaban J connectivity index is 1.58. The lowest BCUT2D eigenvalue weighted by molar-refractivity contribution is -0.207. The summed E-state index contributed by atoms with van der Waals surface area (Å²) in [6.45, 7) is 5.83. The maximum Gasteiger partial charge on any atom is 0.163 e. The van der Waals surface area contributed by atoms with Gasteiger partial charge in [0.25, 0.3) is 0 Å². The van der Waals surface area contributed by atoms with Crippen molar-refractivity contribution in [2.24, 2.45) is 46.3 Å². The summed E-state index contributed by atoms with van der Waals surface area (Å²) >= 11 is 0. The lowest BCUT2D eigenvalue weighted by Crippen LogP contribution is -2.62. The molecule has 0 aromatic heterocycles. The van der Waals surface area contributed by atoms with Crippen molar-refractivity contribution >= 4 is 5.78 Å². The van der Waals surface area contributed by atoms with E-state index < -0.39 is 12.8 Å². The molecule has 3 N–H and O–H groups in total. The molecule has 4 saturated carbocycles. The fourth-order valence-electron chi connectivity index (χ4n) is 8.79. The first kappa shape index (κ1) is 22.7. The van der Waals surface area contributed by atoms with Crippen molar-refractivity contribution in [2.45, 2.75) is 96.9 Å². The van der Waals surface area contributed by atoms with E-state index >= 15 is 0 Å². The molecule has 4 unspecified atom stereocenters. The van der Waals surface area contributed by atoms with Gasteiger partial charge in [0.15, 0.2) is 5.78 Å². The molecule has 4 rings (SSSR count). The molecule has 0 heterocycles. The van der Waals surface area contributed by atoms with Crippen LogP contribution in [-0.4, -0.2) is 46.1 Å². The minimum atomic E-state index is -0.885. The lowest BCUT2D eigenvalue weighted by atomic mass is 9.43. The number of rotatable bonds is 5. The minimum absolute atomic E-state index is 0.0860. The molecule has 0 aromatic rings. The number of ketones is 1. The van der Waals surface area contributed by atoms with E-state index in [0.29, 0.717) is 24.2 Å². The first-order valence-corrected chi connectivity index (χ1v) is 12.2. The maximum atomic E-state index is 12.6. The molecule has 0 radical (unpaired) electrons. The monoisotopic (exact) mass is 424 g/mol. The molecule has 0 amide bonds. The Morgan fingerprint density at radius 3 is 2.50 bits per heavy atom. The molecule has 0 bridgehead atoms. The highest BCUT2D eigenvalue weighted by atomic mass is 19.1. The SMILES string of the molecule is C[C@H](CCC(=O)CF)[C@H]1CC[C@H]2C3[C@H](O)CC4C[C@H](O)CCC4(C)[C@H]3C[C@H](O)C12C. The number of aliphatic hydroxyl groups is 3. The van der Waals surface area contributed by atoms with Crippen LogP contribution in [0.1, 0.15) is 78.6 Å². The molecule has 4 fully saturated rings. The van der Waals surface area contributed by atoms with Crippen molar-refractivity contribution in [3.63, 3.8) is 0 Å². The quantitative estimate of drug-likeness (QED) is 0.625. The maximum absolute atomic E-state index is 12.6. The summed E-state index contributed by atoms with van der Waals surface area (Å²) < 4.78 is 12.6. The molecule has 11 atom stereocenters. The van der Waals surface area contributed by atoms with E-state index in [1.165, 1.54) is 0 Å². The van der Waals surface area contributed by atoms with Crippen LogP contribution >= 0.6 is 0 Å². The van der Waals surface area contributed by atoms with E-state index in [9.17, 15) is 24.5 Å². The first-order valence-electron chi connectivity index (χ1n) is 12.2. The molecule has 30 heavy (non-hydrogen) atoms. The van der Waals surface area contributed by atoms with Crippen LogP contribution in [0, 0.1) is 46.3 Å².